The van der Waals surface area contributed by atoms with Gasteiger partial charge in [-0.3, -0.25) is 9.59 Å². The first-order valence-corrected chi connectivity index (χ1v) is 26.9. The van der Waals surface area contributed by atoms with Gasteiger partial charge in [0.15, 0.2) is 18.7 Å². The summed E-state index contributed by atoms with van der Waals surface area (Å²) in [4.78, 5) is 25.7. The fraction of sp³-hybridized carbons (Fsp3) is 0.887. The average Bonchev–Trinajstić information content (AvgIpc) is 3.33. The minimum atomic E-state index is -1.76. The molecule has 15 nitrogen and oxygen atoms in total. The molecule has 0 amide bonds. The van der Waals surface area contributed by atoms with Crippen molar-refractivity contribution < 1.29 is 73.8 Å². The highest BCUT2D eigenvalue weighted by molar-refractivity contribution is 5.70. The van der Waals surface area contributed by atoms with Gasteiger partial charge in [-0.05, 0) is 44.9 Å². The summed E-state index contributed by atoms with van der Waals surface area (Å²) in [6.07, 6.45) is 24.9. The molecule has 0 aromatic carbocycles. The van der Waals surface area contributed by atoms with Gasteiger partial charge >= 0.3 is 11.9 Å². The zero-order chi connectivity index (χ0) is 49.6. The number of rotatable bonds is 42. The normalized spacial score (nSPS) is 25.9. The molecule has 2 rings (SSSR count). The number of carbonyl (C=O) groups excluding carboxylic acids is 2. The van der Waals surface area contributed by atoms with Crippen LogP contribution in [0.15, 0.2) is 24.3 Å². The lowest BCUT2D eigenvalue weighted by molar-refractivity contribution is -0.332. The van der Waals surface area contributed by atoms with E-state index in [4.69, 9.17) is 28.4 Å². The Balaban J connectivity index is 1.76. The van der Waals surface area contributed by atoms with Crippen molar-refractivity contribution in [2.24, 2.45) is 0 Å². The van der Waals surface area contributed by atoms with E-state index in [1.807, 2.05) is 0 Å². The van der Waals surface area contributed by atoms with E-state index in [2.05, 4.69) is 38.2 Å². The number of ether oxygens (including phenoxy) is 6. The Bertz CT molecular complexity index is 1280. The minimum Gasteiger partial charge on any atom is -0.462 e. The molecule has 0 saturated carbocycles. The molecule has 68 heavy (non-hydrogen) atoms. The molecule has 15 heteroatoms. The van der Waals surface area contributed by atoms with Crippen LogP contribution in [-0.2, 0) is 38.0 Å². The Morgan fingerprint density at radius 1 is 0.471 bits per heavy atom. The van der Waals surface area contributed by atoms with Gasteiger partial charge in [-0.25, -0.2) is 0 Å². The largest absolute Gasteiger partial charge is 0.462 e. The fourth-order valence-electron chi connectivity index (χ4n) is 8.48. The van der Waals surface area contributed by atoms with E-state index in [9.17, 15) is 45.3 Å². The van der Waals surface area contributed by atoms with Crippen molar-refractivity contribution in [3.8, 4) is 0 Å². The van der Waals surface area contributed by atoms with Crippen LogP contribution in [0.5, 0.6) is 0 Å². The molecule has 11 unspecified atom stereocenters. The van der Waals surface area contributed by atoms with E-state index in [-0.39, 0.29) is 26.1 Å². The molecule has 2 aliphatic heterocycles. The Morgan fingerprint density at radius 3 is 1.37 bits per heavy atom. The van der Waals surface area contributed by atoms with Crippen LogP contribution in [0, 0.1) is 0 Å². The molecular formula is C53H96O15. The van der Waals surface area contributed by atoms with Crippen LogP contribution in [0.1, 0.15) is 206 Å². The van der Waals surface area contributed by atoms with Gasteiger partial charge in [0.25, 0.3) is 0 Å². The number of unbranched alkanes of at least 4 members (excludes halogenated alkanes) is 24. The summed E-state index contributed by atoms with van der Waals surface area (Å²) >= 11 is 0. The number of carbonyl (C=O) groups is 2. The summed E-state index contributed by atoms with van der Waals surface area (Å²) in [7, 11) is 0. The number of hydrogen-bond donors (Lipinski definition) is 7. The van der Waals surface area contributed by atoms with Crippen molar-refractivity contribution in [2.45, 2.75) is 274 Å². The maximum atomic E-state index is 13.0. The van der Waals surface area contributed by atoms with Gasteiger partial charge in [-0.15, -0.1) is 0 Å². The van der Waals surface area contributed by atoms with E-state index >= 15 is 0 Å². The predicted octanol–water partition coefficient (Wildman–Crippen LogP) is 7.94. The summed E-state index contributed by atoms with van der Waals surface area (Å²) in [6, 6.07) is 0. The first-order chi connectivity index (χ1) is 33.0. The smallest absolute Gasteiger partial charge is 0.306 e. The zero-order valence-corrected chi connectivity index (χ0v) is 42.1. The molecule has 0 spiro atoms. The lowest BCUT2D eigenvalue weighted by Gasteiger charge is -2.42. The molecule has 2 fully saturated rings. The van der Waals surface area contributed by atoms with Crippen LogP contribution < -0.4 is 0 Å². The molecular weight excluding hydrogens is 877 g/mol. The van der Waals surface area contributed by atoms with Crippen molar-refractivity contribution in [2.75, 3.05) is 26.4 Å². The second-order valence-electron chi connectivity index (χ2n) is 19.1. The van der Waals surface area contributed by atoms with Gasteiger partial charge in [0.1, 0.15) is 55.4 Å². The summed E-state index contributed by atoms with van der Waals surface area (Å²) in [5.41, 5.74) is 0. The first-order valence-electron chi connectivity index (χ1n) is 26.9. The molecule has 0 aromatic heterocycles. The summed E-state index contributed by atoms with van der Waals surface area (Å²) in [6.45, 7) is 2.58. The molecule has 11 atom stereocenters. The molecule has 7 N–H and O–H groups in total. The molecule has 0 radical (unpaired) electrons. The summed E-state index contributed by atoms with van der Waals surface area (Å²) < 4.78 is 33.6. The highest BCUT2D eigenvalue weighted by Gasteiger charge is 2.47. The topological polar surface area (TPSA) is 231 Å². The van der Waals surface area contributed by atoms with Crippen molar-refractivity contribution in [3.05, 3.63) is 24.3 Å². The van der Waals surface area contributed by atoms with Crippen LogP contribution in [0.3, 0.4) is 0 Å². The van der Waals surface area contributed by atoms with Crippen LogP contribution in [0.4, 0.5) is 0 Å². The fourth-order valence-corrected chi connectivity index (χ4v) is 8.48. The third kappa shape index (κ3) is 28.1. The molecule has 2 saturated heterocycles. The third-order valence-electron chi connectivity index (χ3n) is 12.9. The number of allylic oxidation sites excluding steroid dienone is 4. The lowest BCUT2D eigenvalue weighted by atomic mass is 9.98. The van der Waals surface area contributed by atoms with Crippen LogP contribution in [0.25, 0.3) is 0 Å². The first kappa shape index (κ1) is 62.1. The van der Waals surface area contributed by atoms with Gasteiger partial charge < -0.3 is 64.2 Å². The summed E-state index contributed by atoms with van der Waals surface area (Å²) in [5, 5.41) is 72.1. The van der Waals surface area contributed by atoms with E-state index in [0.717, 1.165) is 57.8 Å². The monoisotopic (exact) mass is 973 g/mol. The minimum absolute atomic E-state index is 0.163. The number of aliphatic hydroxyl groups excluding tert-OH is 7. The molecule has 398 valence electrons. The predicted molar refractivity (Wildman–Crippen MR) is 261 cm³/mol. The van der Waals surface area contributed by atoms with Gasteiger partial charge in [0.05, 0.1) is 19.8 Å². The Labute approximate surface area is 409 Å². The van der Waals surface area contributed by atoms with Crippen LogP contribution in [0.2, 0.25) is 0 Å². The summed E-state index contributed by atoms with van der Waals surface area (Å²) in [5.74, 6) is -0.923. The van der Waals surface area contributed by atoms with Crippen molar-refractivity contribution >= 4 is 11.9 Å². The molecule has 0 bridgehead atoms. The number of aliphatic hydroxyl groups is 7. The van der Waals surface area contributed by atoms with Gasteiger partial charge in [0.2, 0.25) is 0 Å². The number of hydrogen-bond acceptors (Lipinski definition) is 15. The number of esters is 2. The van der Waals surface area contributed by atoms with E-state index in [0.29, 0.717) is 12.8 Å². The Hall–Kier alpha value is -2.02. The molecule has 2 aliphatic rings. The van der Waals surface area contributed by atoms with Crippen molar-refractivity contribution in [3.63, 3.8) is 0 Å². The average molecular weight is 973 g/mol. The maximum Gasteiger partial charge on any atom is 0.306 e. The molecule has 0 aliphatic carbocycles. The maximum absolute atomic E-state index is 13.0. The Morgan fingerprint density at radius 2 is 0.882 bits per heavy atom. The highest BCUT2D eigenvalue weighted by atomic mass is 16.7. The highest BCUT2D eigenvalue weighted by Crippen LogP contribution is 2.26. The Kier molecular flexibility index (Phi) is 37.0. The van der Waals surface area contributed by atoms with E-state index in [1.54, 1.807) is 0 Å². The lowest BCUT2D eigenvalue weighted by Crippen LogP contribution is -2.61. The quantitative estimate of drug-likeness (QED) is 0.0175. The SMILES string of the molecule is CCCCCCC/C=C\C/C=C\CCCCCCCCCCCC(=O)OC(COC(=O)CCCCCCCCCCCCC)COC1OC(COC2OC(CO)C(O)C(O)C2O)C(O)C(O)C1O. The van der Waals surface area contributed by atoms with Gasteiger partial charge in [-0.1, -0.05) is 173 Å². The van der Waals surface area contributed by atoms with Gasteiger partial charge in [-0.2, -0.15) is 0 Å². The van der Waals surface area contributed by atoms with E-state index in [1.165, 1.54) is 109 Å². The molecule has 0 aromatic rings. The van der Waals surface area contributed by atoms with Crippen LogP contribution >= 0.6 is 0 Å². The van der Waals surface area contributed by atoms with E-state index < -0.39 is 92.7 Å². The van der Waals surface area contributed by atoms with Crippen molar-refractivity contribution in [1.29, 1.82) is 0 Å². The van der Waals surface area contributed by atoms with Crippen molar-refractivity contribution in [1.82, 2.24) is 0 Å². The van der Waals surface area contributed by atoms with Crippen LogP contribution in [-0.4, -0.2) is 142 Å². The standard InChI is InChI=1S/C53H96O15/c1-3-5-7-9-11-13-15-16-17-18-19-20-21-22-23-24-26-28-30-32-34-36-45(56)66-41(38-63-44(55)35-33-31-29-27-25-14-12-10-8-6-4-2)39-64-52-51(62)49(60)47(58)43(68-52)40-65-53-50(61)48(59)46(57)42(37-54)67-53/h15-16,18-19,41-43,46-54,57-62H,3-14,17,20-40H2,1-2H3/b16-15-,19-18-. The zero-order valence-electron chi connectivity index (χ0n) is 42.1. The second kappa shape index (κ2) is 40.6. The van der Waals surface area contributed by atoms with Gasteiger partial charge in [0, 0.05) is 12.8 Å². The second-order valence-corrected chi connectivity index (χ2v) is 19.1. The molecule has 2 heterocycles. The third-order valence-corrected chi connectivity index (χ3v) is 12.9.